The molecule has 0 amide bonds. The van der Waals surface area contributed by atoms with Crippen molar-refractivity contribution >= 4 is 5.69 Å². The number of benzene rings is 1. The molecule has 114 valence electrons. The maximum Gasteiger partial charge on any atom is 0.416 e. The molecule has 0 aliphatic carbocycles. The molecule has 1 rings (SSSR count). The summed E-state index contributed by atoms with van der Waals surface area (Å²) in [6, 6.07) is 3.96. The maximum absolute atomic E-state index is 13.0. The largest absolute Gasteiger partial charge is 0.416 e. The molecule has 1 aromatic carbocycles. The van der Waals surface area contributed by atoms with Gasteiger partial charge in [0.1, 0.15) is 0 Å². The lowest BCUT2D eigenvalue weighted by molar-refractivity contribution is -0.138. The van der Waals surface area contributed by atoms with Gasteiger partial charge in [0.2, 0.25) is 0 Å². The van der Waals surface area contributed by atoms with Crippen molar-refractivity contribution in [2.24, 2.45) is 0 Å². The monoisotopic (exact) mass is 291 g/mol. The van der Waals surface area contributed by atoms with E-state index in [0.717, 1.165) is 6.07 Å². The highest BCUT2D eigenvalue weighted by Crippen LogP contribution is 2.35. The average molecular weight is 291 g/mol. The van der Waals surface area contributed by atoms with Crippen LogP contribution in [0.15, 0.2) is 18.2 Å². The molecule has 3 nitrogen and oxygen atoms in total. The standard InChI is InChI=1S/C14H20F3NO2/c1-4-18(10(2)9-20-3)12-6-5-11(8-19)13(7-12)14(15,16)17/h5-7,10,19H,4,8-9H2,1-3H3. The second-order valence-electron chi connectivity index (χ2n) is 4.59. The number of hydrogen-bond acceptors (Lipinski definition) is 3. The van der Waals surface area contributed by atoms with Crippen molar-refractivity contribution in [3.63, 3.8) is 0 Å². The molecule has 0 aliphatic rings. The van der Waals surface area contributed by atoms with Crippen LogP contribution in [0.1, 0.15) is 25.0 Å². The second kappa shape index (κ2) is 6.95. The van der Waals surface area contributed by atoms with Crippen molar-refractivity contribution in [3.8, 4) is 0 Å². The van der Waals surface area contributed by atoms with E-state index in [-0.39, 0.29) is 11.6 Å². The fraction of sp³-hybridized carbons (Fsp3) is 0.571. The van der Waals surface area contributed by atoms with Crippen LogP contribution in [-0.4, -0.2) is 31.4 Å². The summed E-state index contributed by atoms with van der Waals surface area (Å²) in [5, 5.41) is 9.03. The Kier molecular flexibility index (Phi) is 5.83. The molecule has 0 spiro atoms. The summed E-state index contributed by atoms with van der Waals surface area (Å²) in [5.41, 5.74) is -0.432. The first-order valence-electron chi connectivity index (χ1n) is 6.41. The van der Waals surface area contributed by atoms with Gasteiger partial charge in [-0.05, 0) is 31.5 Å². The molecule has 1 N–H and O–H groups in total. The van der Waals surface area contributed by atoms with Crippen LogP contribution in [0.3, 0.4) is 0 Å². The number of halogens is 3. The highest BCUT2D eigenvalue weighted by Gasteiger charge is 2.34. The van der Waals surface area contributed by atoms with Crippen LogP contribution < -0.4 is 4.90 Å². The van der Waals surface area contributed by atoms with Crippen LogP contribution in [0.25, 0.3) is 0 Å². The van der Waals surface area contributed by atoms with Crippen molar-refractivity contribution in [2.45, 2.75) is 32.7 Å². The van der Waals surface area contributed by atoms with Gasteiger partial charge in [0.05, 0.1) is 18.8 Å². The van der Waals surface area contributed by atoms with E-state index in [4.69, 9.17) is 9.84 Å². The smallest absolute Gasteiger partial charge is 0.392 e. The lowest BCUT2D eigenvalue weighted by Gasteiger charge is -2.30. The quantitative estimate of drug-likeness (QED) is 0.874. The summed E-state index contributed by atoms with van der Waals surface area (Å²) >= 11 is 0. The Morgan fingerprint density at radius 3 is 2.45 bits per heavy atom. The van der Waals surface area contributed by atoms with Crippen LogP contribution in [0.2, 0.25) is 0 Å². The number of aliphatic hydroxyl groups excluding tert-OH is 1. The van der Waals surface area contributed by atoms with Gasteiger partial charge in [0.15, 0.2) is 0 Å². The van der Waals surface area contributed by atoms with Crippen LogP contribution in [-0.2, 0) is 17.5 Å². The zero-order valence-corrected chi connectivity index (χ0v) is 11.9. The van der Waals surface area contributed by atoms with Gasteiger partial charge in [-0.15, -0.1) is 0 Å². The predicted molar refractivity (Wildman–Crippen MR) is 71.7 cm³/mol. The molecule has 1 atom stereocenters. The summed E-state index contributed by atoms with van der Waals surface area (Å²) in [6.45, 7) is 4.13. The first-order valence-corrected chi connectivity index (χ1v) is 6.41. The van der Waals surface area contributed by atoms with Crippen LogP contribution in [0, 0.1) is 0 Å². The van der Waals surface area contributed by atoms with Crippen molar-refractivity contribution in [1.82, 2.24) is 0 Å². The lowest BCUT2D eigenvalue weighted by Crippen LogP contribution is -2.36. The van der Waals surface area contributed by atoms with Crippen molar-refractivity contribution in [3.05, 3.63) is 29.3 Å². The molecule has 0 aromatic heterocycles. The van der Waals surface area contributed by atoms with E-state index in [1.807, 2.05) is 18.7 Å². The Hall–Kier alpha value is -1.27. The highest BCUT2D eigenvalue weighted by molar-refractivity contribution is 5.52. The molecule has 0 aliphatic heterocycles. The molecule has 0 fully saturated rings. The van der Waals surface area contributed by atoms with E-state index >= 15 is 0 Å². The zero-order chi connectivity index (χ0) is 15.3. The molecule has 1 aromatic rings. The summed E-state index contributed by atoms with van der Waals surface area (Å²) in [7, 11) is 1.56. The van der Waals surface area contributed by atoms with Gasteiger partial charge in [-0.1, -0.05) is 6.07 Å². The van der Waals surface area contributed by atoms with Gasteiger partial charge in [-0.2, -0.15) is 13.2 Å². The van der Waals surface area contributed by atoms with Crippen molar-refractivity contribution in [2.75, 3.05) is 25.2 Å². The second-order valence-corrected chi connectivity index (χ2v) is 4.59. The number of nitrogens with zero attached hydrogens (tertiary/aromatic N) is 1. The van der Waals surface area contributed by atoms with Gasteiger partial charge in [0.25, 0.3) is 0 Å². The minimum atomic E-state index is -4.47. The number of methoxy groups -OCH3 is 1. The van der Waals surface area contributed by atoms with E-state index < -0.39 is 18.3 Å². The van der Waals surface area contributed by atoms with E-state index in [2.05, 4.69) is 0 Å². The third kappa shape index (κ3) is 3.86. The minimum absolute atomic E-state index is 0.0361. The molecule has 1 unspecified atom stereocenters. The Balaban J connectivity index is 3.18. The minimum Gasteiger partial charge on any atom is -0.392 e. The molecule has 0 saturated heterocycles. The summed E-state index contributed by atoms with van der Waals surface area (Å²) in [6.07, 6.45) is -4.47. The number of aliphatic hydroxyl groups is 1. The first kappa shape index (κ1) is 16.8. The SMILES string of the molecule is CCN(c1ccc(CO)c(C(F)(F)F)c1)C(C)COC. The lowest BCUT2D eigenvalue weighted by atomic mass is 10.1. The average Bonchev–Trinajstić information content (AvgIpc) is 2.38. The first-order chi connectivity index (χ1) is 9.35. The third-order valence-corrected chi connectivity index (χ3v) is 3.18. The Morgan fingerprint density at radius 2 is 2.00 bits per heavy atom. The summed E-state index contributed by atoms with van der Waals surface area (Å²) in [5.74, 6) is 0. The fourth-order valence-electron chi connectivity index (χ4n) is 2.22. The van der Waals surface area contributed by atoms with E-state index in [1.54, 1.807) is 13.2 Å². The normalized spacial score (nSPS) is 13.3. The Labute approximate surface area is 117 Å². The molecule has 0 radical (unpaired) electrons. The van der Waals surface area contributed by atoms with Crippen LogP contribution in [0.5, 0.6) is 0 Å². The van der Waals surface area contributed by atoms with Gasteiger partial charge in [-0.25, -0.2) is 0 Å². The number of likely N-dealkylation sites (N-methyl/N-ethyl adjacent to an activating group) is 1. The third-order valence-electron chi connectivity index (χ3n) is 3.18. The highest BCUT2D eigenvalue weighted by atomic mass is 19.4. The molecular formula is C14H20F3NO2. The number of ether oxygens (including phenoxy) is 1. The Bertz CT molecular complexity index is 435. The van der Waals surface area contributed by atoms with Gasteiger partial charge in [-0.3, -0.25) is 0 Å². The molecule has 0 heterocycles. The van der Waals surface area contributed by atoms with Gasteiger partial charge in [0, 0.05) is 25.4 Å². The van der Waals surface area contributed by atoms with Gasteiger partial charge < -0.3 is 14.7 Å². The number of hydrogen-bond donors (Lipinski definition) is 1. The van der Waals surface area contributed by atoms with Crippen LogP contribution in [0.4, 0.5) is 18.9 Å². The summed E-state index contributed by atoms with van der Waals surface area (Å²) < 4.78 is 44.0. The molecule has 20 heavy (non-hydrogen) atoms. The molecule has 6 heteroatoms. The van der Waals surface area contributed by atoms with E-state index in [9.17, 15) is 13.2 Å². The number of alkyl halides is 3. The molecule has 0 saturated carbocycles. The maximum atomic E-state index is 13.0. The predicted octanol–water partition coefficient (Wildman–Crippen LogP) is 3.06. The number of anilines is 1. The molecule has 0 bridgehead atoms. The Morgan fingerprint density at radius 1 is 1.35 bits per heavy atom. The molecular weight excluding hydrogens is 271 g/mol. The van der Waals surface area contributed by atoms with Crippen LogP contribution >= 0.6 is 0 Å². The fourth-order valence-corrected chi connectivity index (χ4v) is 2.22. The zero-order valence-electron chi connectivity index (χ0n) is 11.9. The van der Waals surface area contributed by atoms with Gasteiger partial charge >= 0.3 is 6.18 Å². The van der Waals surface area contributed by atoms with Crippen molar-refractivity contribution < 1.29 is 23.0 Å². The topological polar surface area (TPSA) is 32.7 Å². The van der Waals surface area contributed by atoms with E-state index in [0.29, 0.717) is 18.8 Å². The number of rotatable bonds is 6. The summed E-state index contributed by atoms with van der Waals surface area (Å²) in [4.78, 5) is 1.83. The van der Waals surface area contributed by atoms with E-state index in [1.165, 1.54) is 6.07 Å². The van der Waals surface area contributed by atoms with Crippen molar-refractivity contribution in [1.29, 1.82) is 0 Å².